The average Bonchev–Trinajstić information content (AvgIpc) is 2.44. The molecule has 1 aromatic rings. The smallest absolute Gasteiger partial charge is 0.325 e. The van der Waals surface area contributed by atoms with Gasteiger partial charge >= 0.3 is 5.97 Å². The van der Waals surface area contributed by atoms with Crippen molar-refractivity contribution in [3.63, 3.8) is 0 Å². The van der Waals surface area contributed by atoms with E-state index in [1.807, 2.05) is 18.9 Å². The number of hydrogen-bond acceptors (Lipinski definition) is 4. The van der Waals surface area contributed by atoms with Crippen molar-refractivity contribution in [2.75, 3.05) is 25.6 Å². The third kappa shape index (κ3) is 3.57. The zero-order valence-electron chi connectivity index (χ0n) is 12.9. The van der Waals surface area contributed by atoms with E-state index in [1.165, 1.54) is 18.2 Å². The van der Waals surface area contributed by atoms with Gasteiger partial charge in [-0.2, -0.15) is 0 Å². The highest BCUT2D eigenvalue weighted by atomic mass is 32.1. The molecule has 0 saturated heterocycles. The molecule has 0 aliphatic carbocycles. The summed E-state index contributed by atoms with van der Waals surface area (Å²) in [5.74, 6) is -0.235. The summed E-state index contributed by atoms with van der Waals surface area (Å²) in [6, 6.07) is 4.20. The maximum absolute atomic E-state index is 11.5. The summed E-state index contributed by atoms with van der Waals surface area (Å²) in [5, 5.41) is 0. The molecule has 0 fully saturated rings. The minimum atomic E-state index is -0.235. The number of carbonyl (C=O) groups is 1. The number of hydrogen-bond donors (Lipinski definition) is 0. The topological polar surface area (TPSA) is 29.5 Å². The van der Waals surface area contributed by atoms with E-state index in [4.69, 9.17) is 17.0 Å². The number of nitrogens with zero attached hydrogens (tertiary/aromatic N) is 1. The van der Waals surface area contributed by atoms with Gasteiger partial charge in [0.1, 0.15) is 6.54 Å². The molecule has 0 spiro atoms. The SMILES string of the molecule is CCc1ccc(C(C)=S)c(CC)c1N(C)CC(=O)OC. The average molecular weight is 293 g/mol. The zero-order valence-corrected chi connectivity index (χ0v) is 13.8. The van der Waals surface area contributed by atoms with Crippen LogP contribution in [-0.2, 0) is 22.4 Å². The van der Waals surface area contributed by atoms with Crippen molar-refractivity contribution in [1.82, 2.24) is 0 Å². The highest BCUT2D eigenvalue weighted by Crippen LogP contribution is 2.29. The van der Waals surface area contributed by atoms with Gasteiger partial charge in [-0.1, -0.05) is 38.2 Å². The molecule has 0 saturated carbocycles. The largest absolute Gasteiger partial charge is 0.468 e. The number of thiocarbonyl (C=S) groups is 1. The first-order valence-electron chi connectivity index (χ1n) is 6.89. The first-order valence-corrected chi connectivity index (χ1v) is 7.30. The molecule has 0 bridgehead atoms. The normalized spacial score (nSPS) is 10.2. The van der Waals surface area contributed by atoms with Crippen LogP contribution in [0.25, 0.3) is 0 Å². The molecule has 0 aliphatic heterocycles. The number of ether oxygens (including phenoxy) is 1. The van der Waals surface area contributed by atoms with Gasteiger partial charge in [0.25, 0.3) is 0 Å². The zero-order chi connectivity index (χ0) is 15.3. The van der Waals surface area contributed by atoms with E-state index in [1.54, 1.807) is 0 Å². The van der Waals surface area contributed by atoms with E-state index >= 15 is 0 Å². The number of rotatable bonds is 6. The van der Waals surface area contributed by atoms with Gasteiger partial charge in [0.05, 0.1) is 7.11 Å². The monoisotopic (exact) mass is 293 g/mol. The molecule has 1 rings (SSSR count). The first kappa shape index (κ1) is 16.6. The van der Waals surface area contributed by atoms with Crippen LogP contribution in [-0.4, -0.2) is 31.5 Å². The number of methoxy groups -OCH3 is 1. The third-order valence-electron chi connectivity index (χ3n) is 3.46. The Labute approximate surface area is 126 Å². The minimum Gasteiger partial charge on any atom is -0.468 e. The predicted octanol–water partition coefficient (Wildman–Crippen LogP) is 3.16. The van der Waals surface area contributed by atoms with Crippen molar-refractivity contribution in [3.8, 4) is 0 Å². The Hall–Kier alpha value is -1.42. The van der Waals surface area contributed by atoms with Crippen LogP contribution < -0.4 is 4.90 Å². The number of benzene rings is 1. The molecule has 0 N–H and O–H groups in total. The van der Waals surface area contributed by atoms with Gasteiger partial charge in [0.2, 0.25) is 0 Å². The van der Waals surface area contributed by atoms with Crippen LogP contribution in [0.2, 0.25) is 0 Å². The maximum Gasteiger partial charge on any atom is 0.325 e. The first-order chi connectivity index (χ1) is 9.46. The summed E-state index contributed by atoms with van der Waals surface area (Å²) < 4.78 is 4.76. The summed E-state index contributed by atoms with van der Waals surface area (Å²) >= 11 is 5.34. The molecule has 0 heterocycles. The lowest BCUT2D eigenvalue weighted by Crippen LogP contribution is -2.28. The Morgan fingerprint density at radius 3 is 2.40 bits per heavy atom. The summed E-state index contributed by atoms with van der Waals surface area (Å²) in [4.78, 5) is 14.4. The molecular formula is C16H23NO2S. The molecule has 0 unspecified atom stereocenters. The number of aryl methyl sites for hydroxylation is 1. The predicted molar refractivity (Wildman–Crippen MR) is 87.9 cm³/mol. The van der Waals surface area contributed by atoms with Gasteiger partial charge in [-0.25, -0.2) is 0 Å². The van der Waals surface area contributed by atoms with Gasteiger partial charge in [0, 0.05) is 17.6 Å². The quantitative estimate of drug-likeness (QED) is 0.458. The minimum absolute atomic E-state index is 0.235. The Kier molecular flexibility index (Phi) is 6.14. The molecule has 0 aromatic heterocycles. The van der Waals surface area contributed by atoms with Crippen LogP contribution in [0, 0.1) is 0 Å². The van der Waals surface area contributed by atoms with Crippen molar-refractivity contribution in [2.24, 2.45) is 0 Å². The van der Waals surface area contributed by atoms with Crippen molar-refractivity contribution in [3.05, 3.63) is 28.8 Å². The van der Waals surface area contributed by atoms with Gasteiger partial charge in [-0.15, -0.1) is 0 Å². The van der Waals surface area contributed by atoms with Crippen molar-refractivity contribution >= 4 is 28.7 Å². The molecule has 20 heavy (non-hydrogen) atoms. The van der Waals surface area contributed by atoms with Crippen LogP contribution in [0.5, 0.6) is 0 Å². The summed E-state index contributed by atoms with van der Waals surface area (Å²) in [6.45, 7) is 6.43. The van der Waals surface area contributed by atoms with Crippen LogP contribution in [0.1, 0.15) is 37.5 Å². The molecule has 3 nitrogen and oxygen atoms in total. The molecule has 0 atom stereocenters. The lowest BCUT2D eigenvalue weighted by Gasteiger charge is -2.26. The van der Waals surface area contributed by atoms with E-state index in [0.29, 0.717) is 0 Å². The molecular weight excluding hydrogens is 270 g/mol. The standard InChI is InChI=1S/C16H23NO2S/c1-6-12-8-9-14(11(3)20)13(7-2)16(12)17(4)10-15(18)19-5/h8-9H,6-7,10H2,1-5H3. The lowest BCUT2D eigenvalue weighted by atomic mass is 9.95. The van der Waals surface area contributed by atoms with Crippen LogP contribution in [0.3, 0.4) is 0 Å². The second-order valence-electron chi connectivity index (χ2n) is 4.79. The van der Waals surface area contributed by atoms with E-state index in [9.17, 15) is 4.79 Å². The summed E-state index contributed by atoms with van der Waals surface area (Å²) in [6.07, 6.45) is 1.81. The Morgan fingerprint density at radius 1 is 1.30 bits per heavy atom. The van der Waals surface area contributed by atoms with Crippen molar-refractivity contribution in [2.45, 2.75) is 33.6 Å². The summed E-state index contributed by atoms with van der Waals surface area (Å²) in [7, 11) is 3.34. The van der Waals surface area contributed by atoms with Gasteiger partial charge < -0.3 is 9.64 Å². The van der Waals surface area contributed by atoms with E-state index in [0.717, 1.165) is 29.0 Å². The van der Waals surface area contributed by atoms with Crippen LogP contribution >= 0.6 is 12.2 Å². The highest BCUT2D eigenvalue weighted by molar-refractivity contribution is 7.80. The molecule has 0 amide bonds. The number of carbonyl (C=O) groups excluding carboxylic acids is 1. The maximum atomic E-state index is 11.5. The summed E-state index contributed by atoms with van der Waals surface area (Å²) in [5.41, 5.74) is 4.66. The Balaban J connectivity index is 3.36. The highest BCUT2D eigenvalue weighted by Gasteiger charge is 2.17. The molecule has 1 aromatic carbocycles. The lowest BCUT2D eigenvalue weighted by molar-refractivity contribution is -0.138. The third-order valence-corrected chi connectivity index (χ3v) is 3.68. The second kappa shape index (κ2) is 7.39. The van der Waals surface area contributed by atoms with Crippen LogP contribution in [0.15, 0.2) is 12.1 Å². The van der Waals surface area contributed by atoms with E-state index in [2.05, 4.69) is 26.0 Å². The van der Waals surface area contributed by atoms with Crippen molar-refractivity contribution in [1.29, 1.82) is 0 Å². The van der Waals surface area contributed by atoms with Gasteiger partial charge in [-0.3, -0.25) is 4.79 Å². The van der Waals surface area contributed by atoms with Crippen molar-refractivity contribution < 1.29 is 9.53 Å². The molecule has 0 aliphatic rings. The fourth-order valence-electron chi connectivity index (χ4n) is 2.47. The molecule has 110 valence electrons. The fourth-order valence-corrected chi connectivity index (χ4v) is 2.66. The fraction of sp³-hybridized carbons (Fsp3) is 0.500. The van der Waals surface area contributed by atoms with E-state index in [-0.39, 0.29) is 12.5 Å². The molecule has 0 radical (unpaired) electrons. The number of likely N-dealkylation sites (N-methyl/N-ethyl adjacent to an activating group) is 1. The van der Waals surface area contributed by atoms with Crippen LogP contribution in [0.4, 0.5) is 5.69 Å². The Morgan fingerprint density at radius 2 is 1.95 bits per heavy atom. The number of anilines is 1. The Bertz CT molecular complexity index is 511. The van der Waals surface area contributed by atoms with Gasteiger partial charge in [-0.05, 0) is 36.5 Å². The van der Waals surface area contributed by atoms with Gasteiger partial charge in [0.15, 0.2) is 0 Å². The van der Waals surface area contributed by atoms with E-state index < -0.39 is 0 Å². The second-order valence-corrected chi connectivity index (χ2v) is 5.41. The number of esters is 1. The molecule has 4 heteroatoms.